The number of rotatable bonds is 4. The van der Waals surface area contributed by atoms with Crippen LogP contribution in [0.25, 0.3) is 5.41 Å². The summed E-state index contributed by atoms with van der Waals surface area (Å²) in [6.45, 7) is 6.01. The number of hydrogen-bond donors (Lipinski definition) is 2. The maximum Gasteiger partial charge on any atom is 0.344 e. The van der Waals surface area contributed by atoms with E-state index in [9.17, 15) is 4.79 Å². The fourth-order valence-corrected chi connectivity index (χ4v) is 1.47. The van der Waals surface area contributed by atoms with E-state index in [4.69, 9.17) is 21.1 Å². The molecule has 0 radical (unpaired) electrons. The summed E-state index contributed by atoms with van der Waals surface area (Å²) in [4.78, 5) is 12.5. The van der Waals surface area contributed by atoms with Crippen molar-refractivity contribution in [1.82, 2.24) is 0 Å². The van der Waals surface area contributed by atoms with Crippen LogP contribution in [0.4, 0.5) is 0 Å². The number of hydrogen-bond acceptors (Lipinski definition) is 5. The maximum absolute atomic E-state index is 11.1. The number of nitriles is 1. The molecule has 3 N–H and O–H groups in total. The first-order chi connectivity index (χ1) is 10.5. The molecule has 0 spiro atoms. The number of quaternary nitrogens is 1. The zero-order valence-corrected chi connectivity index (χ0v) is 13.5. The van der Waals surface area contributed by atoms with Crippen LogP contribution in [-0.4, -0.2) is 56.8 Å². The Kier molecular flexibility index (Phi) is 10.5. The maximum atomic E-state index is 11.1. The molecule has 1 aliphatic rings. The first kappa shape index (κ1) is 20.0. The SMILES string of the molecule is CCOC(=O)C(=C=[N-])/C=C(\C#N)C(N)=S.C[NH+]1CCOCC1. The van der Waals surface area contributed by atoms with Crippen molar-refractivity contribution in [3.63, 3.8) is 0 Å². The van der Waals surface area contributed by atoms with Gasteiger partial charge in [0.1, 0.15) is 24.1 Å². The van der Waals surface area contributed by atoms with Gasteiger partial charge in [0, 0.05) is 0 Å². The number of thiocarbonyl (C=S) groups is 1. The van der Waals surface area contributed by atoms with E-state index in [0.717, 1.165) is 19.3 Å². The third-order valence-corrected chi connectivity index (χ3v) is 2.86. The van der Waals surface area contributed by atoms with E-state index in [1.165, 1.54) is 13.1 Å². The zero-order chi connectivity index (χ0) is 17.0. The largest absolute Gasteiger partial charge is 0.763 e. The van der Waals surface area contributed by atoms with Gasteiger partial charge in [-0.15, -0.1) is 0 Å². The minimum Gasteiger partial charge on any atom is -0.763 e. The molecule has 22 heavy (non-hydrogen) atoms. The predicted molar refractivity (Wildman–Crippen MR) is 86.4 cm³/mol. The molecule has 0 bridgehead atoms. The smallest absolute Gasteiger partial charge is 0.344 e. The van der Waals surface area contributed by atoms with Crippen LogP contribution in [0.2, 0.25) is 0 Å². The van der Waals surface area contributed by atoms with E-state index in [1.807, 2.05) is 0 Å². The Morgan fingerprint density at radius 3 is 2.45 bits per heavy atom. The van der Waals surface area contributed by atoms with E-state index >= 15 is 0 Å². The fraction of sp³-hybridized carbons (Fsp3) is 0.500. The summed E-state index contributed by atoms with van der Waals surface area (Å²) in [5.74, 6) is 0.804. The van der Waals surface area contributed by atoms with Gasteiger partial charge in [-0.25, -0.2) is 4.79 Å². The van der Waals surface area contributed by atoms with Crippen molar-refractivity contribution < 1.29 is 19.2 Å². The van der Waals surface area contributed by atoms with Crippen molar-refractivity contribution in [2.24, 2.45) is 5.73 Å². The minimum atomic E-state index is -0.802. The number of esters is 1. The molecule has 0 unspecified atom stereocenters. The molecule has 0 aromatic carbocycles. The van der Waals surface area contributed by atoms with Crippen LogP contribution < -0.4 is 10.6 Å². The fourth-order valence-electron chi connectivity index (χ4n) is 1.37. The minimum absolute atomic E-state index is 0.102. The van der Waals surface area contributed by atoms with Crippen LogP contribution in [0, 0.1) is 11.3 Å². The lowest BCUT2D eigenvalue weighted by Gasteiger charge is -2.18. The van der Waals surface area contributed by atoms with Crippen LogP contribution in [-0.2, 0) is 14.3 Å². The number of carbonyl (C=O) groups excluding carboxylic acids is 1. The number of morpholine rings is 1. The van der Waals surface area contributed by atoms with E-state index in [1.54, 1.807) is 23.8 Å². The lowest BCUT2D eigenvalue weighted by molar-refractivity contribution is -0.888. The molecule has 0 saturated carbocycles. The highest BCUT2D eigenvalue weighted by atomic mass is 32.1. The third-order valence-electron chi connectivity index (χ3n) is 2.64. The molecule has 7 nitrogen and oxygen atoms in total. The van der Waals surface area contributed by atoms with Crippen molar-refractivity contribution in [1.29, 1.82) is 5.26 Å². The highest BCUT2D eigenvalue weighted by molar-refractivity contribution is 7.80. The molecule has 1 saturated heterocycles. The van der Waals surface area contributed by atoms with Gasteiger partial charge in [0.05, 0.1) is 38.0 Å². The summed E-state index contributed by atoms with van der Waals surface area (Å²) in [5.41, 5.74) is 4.78. The first-order valence-corrected chi connectivity index (χ1v) is 7.11. The number of carbonyl (C=O) groups is 1. The van der Waals surface area contributed by atoms with E-state index in [2.05, 4.69) is 24.0 Å². The van der Waals surface area contributed by atoms with Crippen molar-refractivity contribution in [2.75, 3.05) is 40.0 Å². The molecule has 1 aliphatic heterocycles. The van der Waals surface area contributed by atoms with Gasteiger partial charge in [0.25, 0.3) is 0 Å². The molecule has 120 valence electrons. The Morgan fingerprint density at radius 1 is 1.55 bits per heavy atom. The molecule has 1 rings (SSSR count). The second-order valence-electron chi connectivity index (χ2n) is 4.35. The predicted octanol–water partition coefficient (Wildman–Crippen LogP) is -1.02. The quantitative estimate of drug-likeness (QED) is 0.171. The Bertz CT molecular complexity index is 513. The summed E-state index contributed by atoms with van der Waals surface area (Å²) in [5, 5.41) is 17.2. The van der Waals surface area contributed by atoms with Crippen LogP contribution >= 0.6 is 12.2 Å². The van der Waals surface area contributed by atoms with Crippen molar-refractivity contribution in [3.05, 3.63) is 22.6 Å². The second-order valence-corrected chi connectivity index (χ2v) is 4.79. The highest BCUT2D eigenvalue weighted by Gasteiger charge is 2.08. The summed E-state index contributed by atoms with van der Waals surface area (Å²) >= 11 is 4.55. The summed E-state index contributed by atoms with van der Waals surface area (Å²) in [6.07, 6.45) is 1.01. The van der Waals surface area contributed by atoms with Crippen LogP contribution in [0.15, 0.2) is 17.2 Å². The molecular formula is C14H20N4O3S. The standard InChI is InChI=1S/C9H8N3O2S.C5H11NO/c1-2-14-9(13)7(5-11)3-6(4-10)8(12)15;1-6-2-4-7-5-3-6/h3H,2H2,1H3,(H2,12,15);2-5H2,1H3/q-1;/p+1/b6-3+;. The average molecular weight is 324 g/mol. The monoisotopic (exact) mass is 324 g/mol. The first-order valence-electron chi connectivity index (χ1n) is 6.71. The average Bonchev–Trinajstić information content (AvgIpc) is 2.49. The Balaban J connectivity index is 0.000000518. The van der Waals surface area contributed by atoms with Gasteiger partial charge in [0.2, 0.25) is 0 Å². The molecule has 8 heteroatoms. The van der Waals surface area contributed by atoms with Crippen LogP contribution in [0.5, 0.6) is 0 Å². The third kappa shape index (κ3) is 8.29. The van der Waals surface area contributed by atoms with Gasteiger partial charge >= 0.3 is 5.97 Å². The van der Waals surface area contributed by atoms with E-state index in [0.29, 0.717) is 0 Å². The van der Waals surface area contributed by atoms with Gasteiger partial charge in [-0.1, -0.05) is 12.2 Å². The molecule has 1 heterocycles. The molecule has 0 aliphatic carbocycles. The Labute approximate surface area is 135 Å². The van der Waals surface area contributed by atoms with Gasteiger partial charge < -0.3 is 25.5 Å². The number of nitrogens with one attached hydrogen (secondary N) is 1. The molecule has 1 fully saturated rings. The van der Waals surface area contributed by atoms with Gasteiger partial charge in [-0.3, -0.25) is 5.87 Å². The van der Waals surface area contributed by atoms with Crippen molar-refractivity contribution >= 4 is 29.0 Å². The second kappa shape index (κ2) is 11.6. The molecule has 0 aromatic heterocycles. The normalized spacial score (nSPS) is 14.7. The molecule has 0 amide bonds. The summed E-state index contributed by atoms with van der Waals surface area (Å²) in [6, 6.07) is 1.68. The van der Waals surface area contributed by atoms with Gasteiger partial charge in [0.15, 0.2) is 0 Å². The lowest BCUT2D eigenvalue weighted by atomic mass is 10.2. The van der Waals surface area contributed by atoms with Crippen LogP contribution in [0.3, 0.4) is 0 Å². The summed E-state index contributed by atoms with van der Waals surface area (Å²) in [7, 11) is 2.20. The van der Waals surface area contributed by atoms with Crippen LogP contribution in [0.1, 0.15) is 6.92 Å². The number of ether oxygens (including phenoxy) is 2. The number of nitrogens with two attached hydrogens (primary N) is 1. The van der Waals surface area contributed by atoms with Crippen molar-refractivity contribution in [3.8, 4) is 6.07 Å². The van der Waals surface area contributed by atoms with Gasteiger partial charge in [-0.05, 0) is 13.0 Å². The Morgan fingerprint density at radius 2 is 2.14 bits per heavy atom. The molecule has 0 atom stereocenters. The van der Waals surface area contributed by atoms with E-state index in [-0.39, 0.29) is 22.7 Å². The van der Waals surface area contributed by atoms with E-state index < -0.39 is 5.97 Å². The number of nitrogens with zero attached hydrogens (tertiary/aromatic N) is 2. The molecule has 0 aromatic rings. The highest BCUT2D eigenvalue weighted by Crippen LogP contribution is 2.02. The van der Waals surface area contributed by atoms with Crippen molar-refractivity contribution in [2.45, 2.75) is 6.92 Å². The number of likely N-dealkylation sites (N-methyl/N-ethyl adjacent to an activating group) is 1. The summed E-state index contributed by atoms with van der Waals surface area (Å²) < 4.78 is 9.70. The lowest BCUT2D eigenvalue weighted by Crippen LogP contribution is -3.11. The molecular weight excluding hydrogens is 304 g/mol. The van der Waals surface area contributed by atoms with Gasteiger partial charge in [-0.2, -0.15) is 5.26 Å². The zero-order valence-electron chi connectivity index (χ0n) is 12.7. The Hall–Kier alpha value is -2.04. The topological polar surface area (TPSA) is 112 Å².